The quantitative estimate of drug-likeness (QED) is 0.743. The van der Waals surface area contributed by atoms with Gasteiger partial charge in [0, 0.05) is 32.1 Å². The molecular formula is C13H23N3O. The van der Waals surface area contributed by atoms with Crippen LogP contribution in [0.3, 0.4) is 0 Å². The average Bonchev–Trinajstić information content (AvgIpc) is 2.95. The van der Waals surface area contributed by atoms with Crippen LogP contribution >= 0.6 is 0 Å². The van der Waals surface area contributed by atoms with Gasteiger partial charge in [-0.25, -0.2) is 0 Å². The van der Waals surface area contributed by atoms with E-state index in [-0.39, 0.29) is 6.04 Å². The SMILES string of the molecule is CN1CCN(C(=O)C2CC3CC3C2)C(CN)C1. The highest BCUT2D eigenvalue weighted by Crippen LogP contribution is 2.54. The van der Waals surface area contributed by atoms with Gasteiger partial charge < -0.3 is 15.5 Å². The highest BCUT2D eigenvalue weighted by atomic mass is 16.2. The summed E-state index contributed by atoms with van der Waals surface area (Å²) in [6.07, 6.45) is 3.67. The summed E-state index contributed by atoms with van der Waals surface area (Å²) in [5.41, 5.74) is 5.81. The molecule has 0 radical (unpaired) electrons. The van der Waals surface area contributed by atoms with E-state index in [1.165, 1.54) is 6.42 Å². The molecule has 0 aromatic carbocycles. The summed E-state index contributed by atoms with van der Waals surface area (Å²) in [5, 5.41) is 0. The lowest BCUT2D eigenvalue weighted by molar-refractivity contribution is -0.140. The topological polar surface area (TPSA) is 49.6 Å². The molecule has 0 aromatic heterocycles. The van der Waals surface area contributed by atoms with Gasteiger partial charge in [0.05, 0.1) is 6.04 Å². The third-order valence-electron chi connectivity index (χ3n) is 4.83. The number of carbonyl (C=O) groups is 1. The van der Waals surface area contributed by atoms with Gasteiger partial charge in [0.1, 0.15) is 0 Å². The Hall–Kier alpha value is -0.610. The number of nitrogens with zero attached hydrogens (tertiary/aromatic N) is 2. The second-order valence-corrected chi connectivity index (χ2v) is 6.11. The average molecular weight is 237 g/mol. The second kappa shape index (κ2) is 4.25. The number of fused-ring (bicyclic) bond motifs is 1. The van der Waals surface area contributed by atoms with Gasteiger partial charge in [-0.1, -0.05) is 0 Å². The number of carbonyl (C=O) groups excluding carboxylic acids is 1. The molecule has 3 unspecified atom stereocenters. The summed E-state index contributed by atoms with van der Waals surface area (Å²) < 4.78 is 0. The van der Waals surface area contributed by atoms with E-state index in [2.05, 4.69) is 16.8 Å². The molecule has 96 valence electrons. The molecule has 1 saturated heterocycles. The summed E-state index contributed by atoms with van der Waals surface area (Å²) in [6, 6.07) is 0.234. The van der Waals surface area contributed by atoms with Crippen LogP contribution in [0.5, 0.6) is 0 Å². The molecule has 3 rings (SSSR count). The smallest absolute Gasteiger partial charge is 0.226 e. The molecule has 2 aliphatic carbocycles. The third kappa shape index (κ3) is 2.08. The van der Waals surface area contributed by atoms with E-state index in [1.54, 1.807) is 0 Å². The minimum absolute atomic E-state index is 0.234. The number of rotatable bonds is 2. The zero-order valence-corrected chi connectivity index (χ0v) is 10.6. The Morgan fingerprint density at radius 1 is 1.24 bits per heavy atom. The number of likely N-dealkylation sites (N-methyl/N-ethyl adjacent to an activating group) is 1. The first-order chi connectivity index (χ1) is 8.19. The molecule has 1 heterocycles. The maximum Gasteiger partial charge on any atom is 0.226 e. The highest BCUT2D eigenvalue weighted by molar-refractivity contribution is 5.80. The molecule has 0 spiro atoms. The van der Waals surface area contributed by atoms with Crippen molar-refractivity contribution in [3.05, 3.63) is 0 Å². The molecule has 2 N–H and O–H groups in total. The Morgan fingerprint density at radius 2 is 1.94 bits per heavy atom. The molecule has 3 atom stereocenters. The number of hydrogen-bond acceptors (Lipinski definition) is 3. The second-order valence-electron chi connectivity index (χ2n) is 6.11. The van der Waals surface area contributed by atoms with Crippen LogP contribution in [0, 0.1) is 17.8 Å². The Labute approximate surface area is 103 Å². The van der Waals surface area contributed by atoms with Crippen molar-refractivity contribution in [3.63, 3.8) is 0 Å². The van der Waals surface area contributed by atoms with Crippen LogP contribution in [0.2, 0.25) is 0 Å². The molecule has 1 amide bonds. The van der Waals surface area contributed by atoms with Crippen molar-refractivity contribution in [1.29, 1.82) is 0 Å². The first-order valence-electron chi connectivity index (χ1n) is 6.88. The van der Waals surface area contributed by atoms with E-state index in [1.807, 2.05) is 0 Å². The zero-order valence-electron chi connectivity index (χ0n) is 10.6. The van der Waals surface area contributed by atoms with Crippen molar-refractivity contribution in [2.75, 3.05) is 33.2 Å². The Bertz CT molecular complexity index is 310. The minimum Gasteiger partial charge on any atom is -0.336 e. The first kappa shape index (κ1) is 11.5. The van der Waals surface area contributed by atoms with Gasteiger partial charge in [0.2, 0.25) is 5.91 Å². The molecule has 1 aliphatic heterocycles. The predicted octanol–water partition coefficient (Wildman–Crippen LogP) is 0.134. The summed E-state index contributed by atoms with van der Waals surface area (Å²) in [6.45, 7) is 3.38. The molecule has 2 saturated carbocycles. The maximum absolute atomic E-state index is 12.5. The molecule has 4 heteroatoms. The van der Waals surface area contributed by atoms with Crippen LogP contribution in [-0.2, 0) is 4.79 Å². The molecule has 17 heavy (non-hydrogen) atoms. The summed E-state index contributed by atoms with van der Waals surface area (Å²) in [7, 11) is 2.11. The van der Waals surface area contributed by atoms with Crippen LogP contribution in [0.15, 0.2) is 0 Å². The fraction of sp³-hybridized carbons (Fsp3) is 0.923. The Balaban J connectivity index is 1.63. The predicted molar refractivity (Wildman–Crippen MR) is 66.4 cm³/mol. The lowest BCUT2D eigenvalue weighted by Crippen LogP contribution is -2.57. The molecule has 4 nitrogen and oxygen atoms in total. The summed E-state index contributed by atoms with van der Waals surface area (Å²) in [4.78, 5) is 16.8. The van der Waals surface area contributed by atoms with Crippen molar-refractivity contribution in [1.82, 2.24) is 9.80 Å². The molecule has 0 bridgehead atoms. The van der Waals surface area contributed by atoms with E-state index < -0.39 is 0 Å². The van der Waals surface area contributed by atoms with Gasteiger partial charge in [-0.15, -0.1) is 0 Å². The van der Waals surface area contributed by atoms with Gasteiger partial charge in [-0.05, 0) is 38.1 Å². The van der Waals surface area contributed by atoms with Crippen molar-refractivity contribution < 1.29 is 4.79 Å². The molecule has 3 fully saturated rings. The van der Waals surface area contributed by atoms with Gasteiger partial charge in [-0.3, -0.25) is 4.79 Å². The van der Waals surface area contributed by atoms with Gasteiger partial charge in [0.25, 0.3) is 0 Å². The van der Waals surface area contributed by atoms with E-state index in [4.69, 9.17) is 5.73 Å². The number of amides is 1. The maximum atomic E-state index is 12.5. The lowest BCUT2D eigenvalue weighted by Gasteiger charge is -2.40. The van der Waals surface area contributed by atoms with Crippen LogP contribution < -0.4 is 5.73 Å². The third-order valence-corrected chi connectivity index (χ3v) is 4.83. The molecular weight excluding hydrogens is 214 g/mol. The van der Waals surface area contributed by atoms with E-state index in [9.17, 15) is 4.79 Å². The fourth-order valence-electron chi connectivity index (χ4n) is 3.65. The zero-order chi connectivity index (χ0) is 12.0. The number of piperazine rings is 1. The van der Waals surface area contributed by atoms with E-state index in [0.29, 0.717) is 18.4 Å². The van der Waals surface area contributed by atoms with Crippen molar-refractivity contribution in [2.24, 2.45) is 23.5 Å². The van der Waals surface area contributed by atoms with Gasteiger partial charge in [-0.2, -0.15) is 0 Å². The fourth-order valence-corrected chi connectivity index (χ4v) is 3.65. The van der Waals surface area contributed by atoms with Crippen molar-refractivity contribution in [2.45, 2.75) is 25.3 Å². The molecule has 0 aromatic rings. The Morgan fingerprint density at radius 3 is 2.59 bits per heavy atom. The Kier molecular flexibility index (Phi) is 2.87. The van der Waals surface area contributed by atoms with Crippen molar-refractivity contribution in [3.8, 4) is 0 Å². The monoisotopic (exact) mass is 237 g/mol. The minimum atomic E-state index is 0.234. The number of nitrogens with two attached hydrogens (primary N) is 1. The van der Waals surface area contributed by atoms with Gasteiger partial charge in [0.15, 0.2) is 0 Å². The largest absolute Gasteiger partial charge is 0.336 e. The van der Waals surface area contributed by atoms with Crippen molar-refractivity contribution >= 4 is 5.91 Å². The van der Waals surface area contributed by atoms with Gasteiger partial charge >= 0.3 is 0 Å². The molecule has 3 aliphatic rings. The van der Waals surface area contributed by atoms with Crippen LogP contribution in [0.25, 0.3) is 0 Å². The van der Waals surface area contributed by atoms with E-state index >= 15 is 0 Å². The lowest BCUT2D eigenvalue weighted by atomic mass is 10.00. The first-order valence-corrected chi connectivity index (χ1v) is 6.88. The van der Waals surface area contributed by atoms with Crippen LogP contribution in [0.4, 0.5) is 0 Å². The summed E-state index contributed by atoms with van der Waals surface area (Å²) in [5.74, 6) is 2.47. The van der Waals surface area contributed by atoms with Crippen LogP contribution in [0.1, 0.15) is 19.3 Å². The highest BCUT2D eigenvalue weighted by Gasteiger charge is 2.49. The normalized spacial score (nSPS) is 41.4. The summed E-state index contributed by atoms with van der Waals surface area (Å²) >= 11 is 0. The van der Waals surface area contributed by atoms with E-state index in [0.717, 1.165) is 44.3 Å². The van der Waals surface area contributed by atoms with Crippen LogP contribution in [-0.4, -0.2) is 55.0 Å². The number of hydrogen-bond donors (Lipinski definition) is 1. The standard InChI is InChI=1S/C13H23N3O/c1-15-2-3-16(12(7-14)8-15)13(17)11-5-9-4-10(9)6-11/h9-12H,2-8,14H2,1H3.